The highest BCUT2D eigenvalue weighted by Crippen LogP contribution is 2.40. The van der Waals surface area contributed by atoms with Gasteiger partial charge in [-0.1, -0.05) is 46.5 Å². The van der Waals surface area contributed by atoms with Crippen LogP contribution in [0, 0.1) is 17.8 Å². The highest BCUT2D eigenvalue weighted by atomic mass is 28.4. The van der Waals surface area contributed by atoms with Crippen molar-refractivity contribution in [3.05, 3.63) is 0 Å². The highest BCUT2D eigenvalue weighted by Gasteiger charge is 2.42. The molecule has 1 unspecified atom stereocenters. The number of aliphatic hydroxyl groups is 1. The topological polar surface area (TPSA) is 29.5 Å². The number of hydrogen-bond donors (Lipinski definition) is 1. The molecule has 106 valence electrons. The highest BCUT2D eigenvalue weighted by molar-refractivity contribution is 6.74. The predicted octanol–water partition coefficient (Wildman–Crippen LogP) is 3.81. The zero-order valence-electron chi connectivity index (χ0n) is 13.3. The first-order valence-corrected chi connectivity index (χ1v) is 9.65. The summed E-state index contributed by atoms with van der Waals surface area (Å²) in [6.07, 6.45) is 0.895. The molecule has 18 heavy (non-hydrogen) atoms. The average molecular weight is 270 g/mol. The largest absolute Gasteiger partial charge is 0.401 e. The van der Waals surface area contributed by atoms with Gasteiger partial charge in [0.25, 0.3) is 0 Å². The molecule has 0 amide bonds. The third-order valence-corrected chi connectivity index (χ3v) is 8.09. The van der Waals surface area contributed by atoms with Gasteiger partial charge in [-0.3, -0.25) is 0 Å². The zero-order valence-corrected chi connectivity index (χ0v) is 14.3. The molecule has 0 bridgehead atoms. The van der Waals surface area contributed by atoms with Crippen molar-refractivity contribution >= 4 is 8.32 Å². The molecule has 0 spiro atoms. The lowest BCUT2D eigenvalue weighted by molar-refractivity contribution is 0.107. The summed E-state index contributed by atoms with van der Waals surface area (Å²) in [6, 6.07) is 0. The lowest BCUT2D eigenvalue weighted by Crippen LogP contribution is -2.48. The van der Waals surface area contributed by atoms with Crippen LogP contribution in [0.5, 0.6) is 0 Å². The molecule has 1 atom stereocenters. The van der Waals surface area contributed by atoms with E-state index in [0.29, 0.717) is 5.92 Å². The van der Waals surface area contributed by atoms with E-state index in [4.69, 9.17) is 9.53 Å². The number of rotatable bonds is 4. The maximum Gasteiger partial charge on any atom is 0.194 e. The Bertz CT molecular complexity index is 318. The Balaban J connectivity index is 5.13. The van der Waals surface area contributed by atoms with E-state index in [1.165, 1.54) is 0 Å². The van der Waals surface area contributed by atoms with E-state index in [1.807, 2.05) is 0 Å². The van der Waals surface area contributed by atoms with Gasteiger partial charge in [0.05, 0.1) is 0 Å². The van der Waals surface area contributed by atoms with Crippen molar-refractivity contribution in [2.45, 2.75) is 71.7 Å². The van der Waals surface area contributed by atoms with Crippen LogP contribution in [0.3, 0.4) is 0 Å². The minimum absolute atomic E-state index is 0.103. The van der Waals surface area contributed by atoms with Gasteiger partial charge in [0.15, 0.2) is 8.32 Å². The molecule has 0 aliphatic heterocycles. The summed E-state index contributed by atoms with van der Waals surface area (Å²) in [5.74, 6) is 6.41. The van der Waals surface area contributed by atoms with Gasteiger partial charge >= 0.3 is 0 Å². The lowest BCUT2D eigenvalue weighted by Gasteiger charge is -2.42. The second-order valence-electron chi connectivity index (χ2n) is 7.15. The minimum atomic E-state index is -1.84. The van der Waals surface area contributed by atoms with Crippen molar-refractivity contribution in [3.8, 4) is 11.8 Å². The summed E-state index contributed by atoms with van der Waals surface area (Å²) in [5, 5.41) is 9.08. The Hall–Kier alpha value is -0.303. The standard InChI is InChI=1S/C15H30O2Si/c1-13(2)12-15(6,10-9-11-16)17-18(7,8)14(3,4)5/h13,16H,11-12H2,1-8H3. The molecule has 0 rings (SSSR count). The SMILES string of the molecule is CC(C)CC(C)(C#CCO)O[Si](C)(C)C(C)(C)C. The molecule has 0 aliphatic carbocycles. The van der Waals surface area contributed by atoms with Crippen LogP contribution in [0.15, 0.2) is 0 Å². The Kier molecular flexibility index (Phi) is 6.13. The minimum Gasteiger partial charge on any atom is -0.401 e. The smallest absolute Gasteiger partial charge is 0.194 e. The molecule has 2 nitrogen and oxygen atoms in total. The van der Waals surface area contributed by atoms with E-state index in [9.17, 15) is 0 Å². The van der Waals surface area contributed by atoms with Crippen LogP contribution in [0.2, 0.25) is 18.1 Å². The van der Waals surface area contributed by atoms with Crippen molar-refractivity contribution < 1.29 is 9.53 Å². The van der Waals surface area contributed by atoms with Crippen molar-refractivity contribution in [1.29, 1.82) is 0 Å². The van der Waals surface area contributed by atoms with E-state index in [-0.39, 0.29) is 11.6 Å². The fourth-order valence-electron chi connectivity index (χ4n) is 1.84. The number of aliphatic hydroxyl groups excluding tert-OH is 1. The molecule has 0 heterocycles. The molecule has 0 aromatic rings. The Morgan fingerprint density at radius 3 is 2.00 bits per heavy atom. The van der Waals surface area contributed by atoms with E-state index >= 15 is 0 Å². The first-order chi connectivity index (χ1) is 7.93. The summed E-state index contributed by atoms with van der Waals surface area (Å²) in [6.45, 7) is 17.5. The molecule has 0 saturated heterocycles. The summed E-state index contributed by atoms with van der Waals surface area (Å²) >= 11 is 0. The van der Waals surface area contributed by atoms with Crippen LogP contribution in [-0.2, 0) is 4.43 Å². The van der Waals surface area contributed by atoms with Crippen molar-refractivity contribution in [2.24, 2.45) is 5.92 Å². The van der Waals surface area contributed by atoms with Gasteiger partial charge in [-0.15, -0.1) is 0 Å². The molecule has 0 aromatic heterocycles. The quantitative estimate of drug-likeness (QED) is 0.622. The van der Waals surface area contributed by atoms with Crippen LogP contribution in [-0.4, -0.2) is 25.6 Å². The molecule has 0 aliphatic rings. The van der Waals surface area contributed by atoms with Gasteiger partial charge in [0.2, 0.25) is 0 Å². The summed E-state index contributed by atoms with van der Waals surface area (Å²) in [5.41, 5.74) is -0.445. The summed E-state index contributed by atoms with van der Waals surface area (Å²) in [7, 11) is -1.84. The van der Waals surface area contributed by atoms with E-state index in [0.717, 1.165) is 6.42 Å². The van der Waals surface area contributed by atoms with E-state index < -0.39 is 13.9 Å². The maximum absolute atomic E-state index is 8.90. The third kappa shape index (κ3) is 5.56. The van der Waals surface area contributed by atoms with Gasteiger partial charge in [-0.05, 0) is 37.4 Å². The molecule has 0 aromatic carbocycles. The molecule has 1 N–H and O–H groups in total. The third-order valence-electron chi connectivity index (χ3n) is 3.52. The van der Waals surface area contributed by atoms with Crippen LogP contribution in [0.1, 0.15) is 48.0 Å². The normalized spacial score (nSPS) is 16.1. The average Bonchev–Trinajstić information content (AvgIpc) is 2.10. The predicted molar refractivity (Wildman–Crippen MR) is 81.0 cm³/mol. The van der Waals surface area contributed by atoms with Crippen molar-refractivity contribution in [1.82, 2.24) is 0 Å². The molecule has 0 fully saturated rings. The first kappa shape index (κ1) is 17.7. The van der Waals surface area contributed by atoms with Crippen molar-refractivity contribution in [3.63, 3.8) is 0 Å². The van der Waals surface area contributed by atoms with Crippen LogP contribution < -0.4 is 0 Å². The molecule has 3 heteroatoms. The van der Waals surface area contributed by atoms with Gasteiger partial charge in [-0.2, -0.15) is 0 Å². The lowest BCUT2D eigenvalue weighted by atomic mass is 9.95. The van der Waals surface area contributed by atoms with Gasteiger partial charge in [-0.25, -0.2) is 0 Å². The Morgan fingerprint density at radius 2 is 1.67 bits per heavy atom. The second-order valence-corrected chi connectivity index (χ2v) is 11.9. The van der Waals surface area contributed by atoms with Gasteiger partial charge in [0.1, 0.15) is 12.2 Å². The molecule has 0 radical (unpaired) electrons. The maximum atomic E-state index is 8.90. The fourth-order valence-corrected chi connectivity index (χ4v) is 3.41. The Labute approximate surface area is 114 Å². The van der Waals surface area contributed by atoms with Gasteiger partial charge < -0.3 is 9.53 Å². The van der Waals surface area contributed by atoms with Crippen LogP contribution >= 0.6 is 0 Å². The summed E-state index contributed by atoms with van der Waals surface area (Å²) < 4.78 is 6.46. The zero-order chi connectivity index (χ0) is 14.6. The molecule has 0 saturated carbocycles. The van der Waals surface area contributed by atoms with E-state index in [2.05, 4.69) is 66.5 Å². The van der Waals surface area contributed by atoms with Crippen LogP contribution in [0.4, 0.5) is 0 Å². The Morgan fingerprint density at radius 1 is 1.17 bits per heavy atom. The first-order valence-electron chi connectivity index (χ1n) is 6.74. The van der Waals surface area contributed by atoms with Crippen LogP contribution in [0.25, 0.3) is 0 Å². The number of hydrogen-bond acceptors (Lipinski definition) is 2. The monoisotopic (exact) mass is 270 g/mol. The van der Waals surface area contributed by atoms with Crippen molar-refractivity contribution in [2.75, 3.05) is 6.61 Å². The second kappa shape index (κ2) is 6.23. The molecular weight excluding hydrogens is 240 g/mol. The summed E-state index contributed by atoms with van der Waals surface area (Å²) in [4.78, 5) is 0. The van der Waals surface area contributed by atoms with E-state index in [1.54, 1.807) is 0 Å². The molecular formula is C15H30O2Si. The van der Waals surface area contributed by atoms with Gasteiger partial charge in [0, 0.05) is 0 Å². The fraction of sp³-hybridized carbons (Fsp3) is 0.867.